The zero-order chi connectivity index (χ0) is 12.8. The molecule has 0 saturated carbocycles. The maximum Gasteiger partial charge on any atom is 0.168 e. The van der Waals surface area contributed by atoms with Gasteiger partial charge in [0.15, 0.2) is 11.6 Å². The third kappa shape index (κ3) is 3.48. The lowest BCUT2D eigenvalue weighted by molar-refractivity contribution is 0.243. The molecule has 1 N–H and O–H groups in total. The molecule has 0 aliphatic carbocycles. The molecule has 2 aromatic rings. The van der Waals surface area contributed by atoms with Crippen molar-refractivity contribution in [1.82, 2.24) is 14.8 Å². The maximum absolute atomic E-state index is 5.69. The minimum atomic E-state index is 0.140. The number of nitrogens with one attached hydrogen (secondary N) is 1. The number of rotatable bonds is 6. The summed E-state index contributed by atoms with van der Waals surface area (Å²) in [5, 5.41) is 7.40. The largest absolute Gasteiger partial charge is 0.487 e. The van der Waals surface area contributed by atoms with Crippen LogP contribution in [0.1, 0.15) is 13.8 Å². The van der Waals surface area contributed by atoms with E-state index < -0.39 is 0 Å². The Bertz CT molecular complexity index is 468. The Labute approximate surface area is 107 Å². The van der Waals surface area contributed by atoms with Gasteiger partial charge in [-0.25, -0.2) is 4.98 Å². The van der Waals surface area contributed by atoms with Gasteiger partial charge >= 0.3 is 0 Å². The summed E-state index contributed by atoms with van der Waals surface area (Å²) in [6, 6.07) is 5.70. The van der Waals surface area contributed by atoms with Crippen molar-refractivity contribution in [3.8, 4) is 5.75 Å². The van der Waals surface area contributed by atoms with Gasteiger partial charge in [-0.2, -0.15) is 5.10 Å². The normalized spacial score (nSPS) is 10.6. The van der Waals surface area contributed by atoms with Crippen molar-refractivity contribution in [3.63, 3.8) is 0 Å². The van der Waals surface area contributed by atoms with Crippen LogP contribution in [0.2, 0.25) is 0 Å². The fourth-order valence-electron chi connectivity index (χ4n) is 1.59. The van der Waals surface area contributed by atoms with Gasteiger partial charge in [0.1, 0.15) is 0 Å². The van der Waals surface area contributed by atoms with Crippen molar-refractivity contribution in [1.29, 1.82) is 0 Å². The smallest absolute Gasteiger partial charge is 0.168 e. The zero-order valence-electron chi connectivity index (χ0n) is 10.7. The Morgan fingerprint density at radius 3 is 2.94 bits per heavy atom. The molecule has 5 nitrogen and oxygen atoms in total. The fraction of sp³-hybridized carbons (Fsp3) is 0.385. The Morgan fingerprint density at radius 1 is 1.33 bits per heavy atom. The van der Waals surface area contributed by atoms with Crippen LogP contribution >= 0.6 is 0 Å². The molecule has 96 valence electrons. The summed E-state index contributed by atoms with van der Waals surface area (Å²) < 4.78 is 7.56. The van der Waals surface area contributed by atoms with Crippen LogP contribution in [0.5, 0.6) is 5.75 Å². The first-order chi connectivity index (χ1) is 8.75. The first-order valence-electron chi connectivity index (χ1n) is 6.08. The summed E-state index contributed by atoms with van der Waals surface area (Å²) in [6.07, 6.45) is 5.60. The minimum Gasteiger partial charge on any atom is -0.487 e. The van der Waals surface area contributed by atoms with E-state index in [4.69, 9.17) is 4.74 Å². The number of hydrogen-bond acceptors (Lipinski definition) is 4. The fourth-order valence-corrected chi connectivity index (χ4v) is 1.59. The summed E-state index contributed by atoms with van der Waals surface area (Å²) >= 11 is 0. The van der Waals surface area contributed by atoms with Crippen LogP contribution in [0.15, 0.2) is 36.8 Å². The summed E-state index contributed by atoms with van der Waals surface area (Å²) in [5.74, 6) is 1.56. The monoisotopic (exact) mass is 246 g/mol. The third-order valence-electron chi connectivity index (χ3n) is 2.33. The first-order valence-corrected chi connectivity index (χ1v) is 6.08. The van der Waals surface area contributed by atoms with Crippen LogP contribution in [0.25, 0.3) is 0 Å². The summed E-state index contributed by atoms with van der Waals surface area (Å²) in [5.41, 5.74) is 0. The number of aromatic nitrogens is 3. The van der Waals surface area contributed by atoms with E-state index >= 15 is 0 Å². The van der Waals surface area contributed by atoms with Crippen molar-refractivity contribution < 1.29 is 4.74 Å². The highest BCUT2D eigenvalue weighted by Gasteiger charge is 2.05. The van der Waals surface area contributed by atoms with Gasteiger partial charge in [0, 0.05) is 25.1 Å². The molecular formula is C13H18N4O. The van der Waals surface area contributed by atoms with Crippen molar-refractivity contribution in [2.24, 2.45) is 0 Å². The van der Waals surface area contributed by atoms with E-state index in [-0.39, 0.29) is 6.10 Å². The zero-order valence-corrected chi connectivity index (χ0v) is 10.7. The Balaban J connectivity index is 1.92. The molecule has 0 saturated heterocycles. The van der Waals surface area contributed by atoms with Crippen LogP contribution in [-0.2, 0) is 6.54 Å². The number of anilines is 1. The van der Waals surface area contributed by atoms with Crippen molar-refractivity contribution in [2.75, 3.05) is 11.9 Å². The second-order valence-electron chi connectivity index (χ2n) is 4.21. The number of nitrogens with zero attached hydrogens (tertiary/aromatic N) is 3. The van der Waals surface area contributed by atoms with E-state index in [2.05, 4.69) is 15.4 Å². The molecule has 18 heavy (non-hydrogen) atoms. The minimum absolute atomic E-state index is 0.140. The second-order valence-corrected chi connectivity index (χ2v) is 4.21. The summed E-state index contributed by atoms with van der Waals surface area (Å²) in [4.78, 5) is 4.28. The molecule has 0 aromatic carbocycles. The van der Waals surface area contributed by atoms with Crippen LogP contribution in [0.3, 0.4) is 0 Å². The van der Waals surface area contributed by atoms with Crippen molar-refractivity contribution >= 4 is 5.82 Å². The average Bonchev–Trinajstić information content (AvgIpc) is 2.84. The molecule has 2 heterocycles. The molecule has 0 aliphatic rings. The predicted octanol–water partition coefficient (Wildman–Crippen LogP) is 2.18. The average molecular weight is 246 g/mol. The van der Waals surface area contributed by atoms with Gasteiger partial charge in [0.2, 0.25) is 0 Å². The molecule has 0 aliphatic heterocycles. The summed E-state index contributed by atoms with van der Waals surface area (Å²) in [6.45, 7) is 5.55. The molecule has 0 radical (unpaired) electrons. The number of ether oxygens (including phenoxy) is 1. The van der Waals surface area contributed by atoms with E-state index in [1.807, 2.05) is 42.9 Å². The van der Waals surface area contributed by atoms with Crippen LogP contribution < -0.4 is 10.1 Å². The van der Waals surface area contributed by atoms with E-state index in [9.17, 15) is 0 Å². The number of pyridine rings is 1. The molecule has 5 heteroatoms. The molecule has 2 aromatic heterocycles. The van der Waals surface area contributed by atoms with Gasteiger partial charge in [0.25, 0.3) is 0 Å². The highest BCUT2D eigenvalue weighted by atomic mass is 16.5. The molecule has 0 spiro atoms. The standard InChI is InChI=1S/C13H18N4O/c1-11(2)18-12-5-3-6-14-13(12)15-8-10-17-9-4-7-16-17/h3-7,9,11H,8,10H2,1-2H3,(H,14,15). The van der Waals surface area contributed by atoms with Gasteiger partial charge in [0.05, 0.1) is 12.6 Å². The van der Waals surface area contributed by atoms with Crippen LogP contribution in [0.4, 0.5) is 5.82 Å². The second kappa shape index (κ2) is 6.05. The van der Waals surface area contributed by atoms with E-state index in [0.29, 0.717) is 0 Å². The maximum atomic E-state index is 5.69. The molecule has 0 fully saturated rings. The molecule has 0 unspecified atom stereocenters. The molecule has 0 amide bonds. The molecule has 0 bridgehead atoms. The van der Waals surface area contributed by atoms with Gasteiger partial charge in [-0.15, -0.1) is 0 Å². The van der Waals surface area contributed by atoms with Crippen LogP contribution in [0, 0.1) is 0 Å². The van der Waals surface area contributed by atoms with E-state index in [1.165, 1.54) is 0 Å². The van der Waals surface area contributed by atoms with E-state index in [0.717, 1.165) is 24.7 Å². The number of hydrogen-bond donors (Lipinski definition) is 1. The van der Waals surface area contributed by atoms with Gasteiger partial charge in [-0.1, -0.05) is 0 Å². The van der Waals surface area contributed by atoms with E-state index in [1.54, 1.807) is 12.4 Å². The highest BCUT2D eigenvalue weighted by molar-refractivity contribution is 5.49. The molecular weight excluding hydrogens is 228 g/mol. The van der Waals surface area contributed by atoms with Crippen molar-refractivity contribution in [2.45, 2.75) is 26.5 Å². The van der Waals surface area contributed by atoms with Gasteiger partial charge in [-0.05, 0) is 32.0 Å². The Kier molecular flexibility index (Phi) is 4.17. The Hall–Kier alpha value is -2.04. The predicted molar refractivity (Wildman–Crippen MR) is 70.7 cm³/mol. The van der Waals surface area contributed by atoms with Gasteiger partial charge < -0.3 is 10.1 Å². The lowest BCUT2D eigenvalue weighted by Gasteiger charge is -2.14. The molecule has 2 rings (SSSR count). The van der Waals surface area contributed by atoms with Crippen molar-refractivity contribution in [3.05, 3.63) is 36.8 Å². The summed E-state index contributed by atoms with van der Waals surface area (Å²) in [7, 11) is 0. The van der Waals surface area contributed by atoms with Crippen LogP contribution in [-0.4, -0.2) is 27.4 Å². The highest BCUT2D eigenvalue weighted by Crippen LogP contribution is 2.21. The lowest BCUT2D eigenvalue weighted by atomic mass is 10.4. The molecule has 0 atom stereocenters. The topological polar surface area (TPSA) is 52.0 Å². The third-order valence-corrected chi connectivity index (χ3v) is 2.33. The lowest BCUT2D eigenvalue weighted by Crippen LogP contribution is -2.14. The Morgan fingerprint density at radius 2 is 2.22 bits per heavy atom. The quantitative estimate of drug-likeness (QED) is 0.848. The first kappa shape index (κ1) is 12.4. The SMILES string of the molecule is CC(C)Oc1cccnc1NCCn1cccn1. The van der Waals surface area contributed by atoms with Gasteiger partial charge in [-0.3, -0.25) is 4.68 Å².